The number of nitrogens with one attached hydrogen (secondary N) is 2. The minimum atomic E-state index is -2.22. The Morgan fingerprint density at radius 1 is 0.965 bits per heavy atom. The van der Waals surface area contributed by atoms with Crippen molar-refractivity contribution < 1.29 is 53.4 Å². The summed E-state index contributed by atoms with van der Waals surface area (Å²) in [5.74, 6) is 1.78. The third kappa shape index (κ3) is 12.0. The van der Waals surface area contributed by atoms with E-state index in [-0.39, 0.29) is 19.8 Å². The first-order valence-electron chi connectivity index (χ1n) is 18.1. The topological polar surface area (TPSA) is 204 Å². The maximum atomic E-state index is 14.0. The number of carbonyl (C=O) groups is 1. The maximum Gasteiger partial charge on any atom is 0.260 e. The number of hydrogen-bond acceptors (Lipinski definition) is 13. The molecule has 302 valence electrons. The smallest absolute Gasteiger partial charge is 0.260 e. The standard InChI is InChI=1S/C41H44ClFN4O10/c1-25-29(6-3-7-31(25)28-8-9-35-38(16-28)54-13-12-53-35)23-56-37-17-36(55-22-27-5-2-4-26(14-27)18-44)30(15-32(37)42)19-45-10-11-46-39(50)24-57-47-20-33(43)40(51)41(52)34(49)21-48/h2-9,14-17,20,33-34,40-41,45,48-49,51-52H,10-13,19,21-24H2,1H3,(H,46,50)/b47-20+/t33-,34+,40+,41+/m0/s1/i43-1. The molecule has 1 heterocycles. The number of fused-ring (bicyclic) bond motifs is 1. The van der Waals surface area contributed by atoms with Gasteiger partial charge in [-0.05, 0) is 65.1 Å². The molecule has 1 aliphatic heterocycles. The van der Waals surface area contributed by atoms with Gasteiger partial charge in [0.05, 0.1) is 29.5 Å². The number of aliphatic hydroxyl groups is 4. The third-order valence-electron chi connectivity index (χ3n) is 8.92. The first kappa shape index (κ1) is 42.7. The van der Waals surface area contributed by atoms with Gasteiger partial charge in [-0.3, -0.25) is 4.79 Å². The van der Waals surface area contributed by atoms with Crippen molar-refractivity contribution in [2.75, 3.05) is 39.5 Å². The number of ether oxygens (including phenoxy) is 4. The van der Waals surface area contributed by atoms with E-state index in [0.717, 1.165) is 33.6 Å². The average Bonchev–Trinajstić information content (AvgIpc) is 3.23. The van der Waals surface area contributed by atoms with Crippen LogP contribution in [-0.2, 0) is 29.4 Å². The molecule has 4 aromatic carbocycles. The quantitative estimate of drug-likeness (QED) is 0.0430. The Bertz CT molecular complexity index is 2050. The number of alkyl halides is 1. The van der Waals surface area contributed by atoms with Crippen LogP contribution < -0.4 is 29.6 Å². The molecule has 4 aromatic rings. The van der Waals surface area contributed by atoms with E-state index in [2.05, 4.69) is 21.9 Å². The van der Waals surface area contributed by atoms with Crippen LogP contribution >= 0.6 is 11.6 Å². The number of hydrogen-bond donors (Lipinski definition) is 6. The number of carbonyl (C=O) groups excluding carboxylic acids is 1. The Kier molecular flexibility index (Phi) is 15.8. The van der Waals surface area contributed by atoms with Crippen LogP contribution in [0.15, 0.2) is 78.0 Å². The highest BCUT2D eigenvalue weighted by molar-refractivity contribution is 6.32. The van der Waals surface area contributed by atoms with Gasteiger partial charge >= 0.3 is 0 Å². The average molecular weight is 806 g/mol. The number of aliphatic hydroxyl groups excluding tert-OH is 4. The zero-order valence-electron chi connectivity index (χ0n) is 31.1. The predicted molar refractivity (Wildman–Crippen MR) is 208 cm³/mol. The summed E-state index contributed by atoms with van der Waals surface area (Å²) >= 11 is 6.75. The highest BCUT2D eigenvalue weighted by Crippen LogP contribution is 2.37. The lowest BCUT2D eigenvalue weighted by atomic mass is 9.96. The Morgan fingerprint density at radius 3 is 2.53 bits per heavy atom. The van der Waals surface area contributed by atoms with Crippen molar-refractivity contribution >= 4 is 23.7 Å². The second-order valence-electron chi connectivity index (χ2n) is 13.0. The van der Waals surface area contributed by atoms with E-state index in [4.69, 9.17) is 40.5 Å². The summed E-state index contributed by atoms with van der Waals surface area (Å²) in [7, 11) is 0. The van der Waals surface area contributed by atoms with Crippen LogP contribution in [0.25, 0.3) is 11.1 Å². The van der Waals surface area contributed by atoms with Gasteiger partial charge in [-0.2, -0.15) is 5.26 Å². The lowest BCUT2D eigenvalue weighted by molar-refractivity contribution is -0.125. The molecule has 57 heavy (non-hydrogen) atoms. The maximum absolute atomic E-state index is 14.0. The fourth-order valence-electron chi connectivity index (χ4n) is 5.74. The molecule has 5 rings (SSSR count). The zero-order valence-corrected chi connectivity index (χ0v) is 31.8. The molecule has 0 saturated carbocycles. The molecule has 0 spiro atoms. The number of nitriles is 1. The van der Waals surface area contributed by atoms with Crippen molar-refractivity contribution in [3.8, 4) is 40.2 Å². The molecule has 6 N–H and O–H groups in total. The second kappa shape index (κ2) is 21.2. The van der Waals surface area contributed by atoms with Crippen LogP contribution in [0, 0.1) is 18.3 Å². The minimum absolute atomic E-state index is 0.173. The molecule has 16 heteroatoms. The summed E-state index contributed by atoms with van der Waals surface area (Å²) in [6.07, 6.45) is -7.46. The van der Waals surface area contributed by atoms with E-state index >= 15 is 0 Å². The van der Waals surface area contributed by atoms with Crippen LogP contribution in [0.3, 0.4) is 0 Å². The largest absolute Gasteiger partial charge is 0.488 e. The number of halogens is 2. The number of rotatable bonds is 20. The van der Waals surface area contributed by atoms with Crippen molar-refractivity contribution in [2.45, 2.75) is 51.2 Å². The molecule has 0 radical (unpaired) electrons. The first-order chi connectivity index (χ1) is 27.6. The van der Waals surface area contributed by atoms with Crippen LogP contribution in [0.4, 0.5) is 4.39 Å². The van der Waals surface area contributed by atoms with E-state index in [1.54, 1.807) is 30.3 Å². The van der Waals surface area contributed by atoms with E-state index in [0.29, 0.717) is 65.9 Å². The monoisotopic (exact) mass is 805 g/mol. The van der Waals surface area contributed by atoms with Crippen LogP contribution in [0.1, 0.15) is 27.8 Å². The number of oxime groups is 1. The van der Waals surface area contributed by atoms with Gasteiger partial charge in [0, 0.05) is 31.3 Å². The molecule has 0 aliphatic carbocycles. The molecule has 0 saturated heterocycles. The minimum Gasteiger partial charge on any atom is -0.488 e. The van der Waals surface area contributed by atoms with Gasteiger partial charge < -0.3 is 54.8 Å². The molecule has 4 atom stereocenters. The fourth-order valence-corrected chi connectivity index (χ4v) is 5.98. The summed E-state index contributed by atoms with van der Waals surface area (Å²) in [4.78, 5) is 16.9. The third-order valence-corrected chi connectivity index (χ3v) is 9.21. The summed E-state index contributed by atoms with van der Waals surface area (Å²) in [5.41, 5.74) is 6.03. The lowest BCUT2D eigenvalue weighted by Crippen LogP contribution is -2.44. The van der Waals surface area contributed by atoms with E-state index in [1.165, 1.54) is 0 Å². The molecule has 0 bridgehead atoms. The molecule has 14 nitrogen and oxygen atoms in total. The van der Waals surface area contributed by atoms with E-state index in [9.17, 15) is 29.8 Å². The molecule has 1 amide bonds. The predicted octanol–water partition coefficient (Wildman–Crippen LogP) is 3.74. The summed E-state index contributed by atoms with van der Waals surface area (Å²) in [5, 5.41) is 56.2. The Balaban J connectivity index is 1.18. The van der Waals surface area contributed by atoms with Gasteiger partial charge in [0.15, 0.2) is 24.3 Å². The van der Waals surface area contributed by atoms with Gasteiger partial charge in [-0.1, -0.05) is 53.2 Å². The number of benzene rings is 4. The lowest BCUT2D eigenvalue weighted by Gasteiger charge is -2.22. The van der Waals surface area contributed by atoms with E-state index in [1.807, 2.05) is 49.4 Å². The summed E-state index contributed by atoms with van der Waals surface area (Å²) < 4.78 is 38.0. The molecular weight excluding hydrogens is 762 g/mol. The molecule has 0 fully saturated rings. The van der Waals surface area contributed by atoms with Crippen molar-refractivity contribution in [2.24, 2.45) is 5.16 Å². The van der Waals surface area contributed by atoms with Crippen molar-refractivity contribution in [3.05, 3.63) is 106 Å². The summed E-state index contributed by atoms with van der Waals surface area (Å²) in [6, 6.07) is 24.6. The SMILES string of the molecule is Cc1c(COc2cc(OCc3cccc(C#N)c3)c(CNCCNC(=O)CO/N=C/[C@H]([18F])[C@@H](O)[C@H](O)[C@H](O)CO)cc2Cl)cccc1-c1ccc2c(c1)OCCO2. The summed E-state index contributed by atoms with van der Waals surface area (Å²) in [6.45, 7) is 2.85. The highest BCUT2D eigenvalue weighted by Gasteiger charge is 2.30. The zero-order chi connectivity index (χ0) is 40.7. The van der Waals surface area contributed by atoms with Gasteiger partial charge in [0.1, 0.15) is 56.2 Å². The molecule has 0 aromatic heterocycles. The van der Waals surface area contributed by atoms with Crippen molar-refractivity contribution in [1.29, 1.82) is 5.26 Å². The second-order valence-corrected chi connectivity index (χ2v) is 13.4. The molecule has 1 aliphatic rings. The van der Waals surface area contributed by atoms with Crippen LogP contribution in [0.2, 0.25) is 5.02 Å². The van der Waals surface area contributed by atoms with Crippen LogP contribution in [0.5, 0.6) is 23.0 Å². The number of amides is 1. The van der Waals surface area contributed by atoms with Crippen LogP contribution in [-0.4, -0.2) is 96.5 Å². The Hall–Kier alpha value is -5.47. The van der Waals surface area contributed by atoms with Crippen molar-refractivity contribution in [3.63, 3.8) is 0 Å². The highest BCUT2D eigenvalue weighted by atomic mass is 35.5. The normalized spacial score (nSPS) is 14.3. The van der Waals surface area contributed by atoms with E-state index < -0.39 is 43.6 Å². The molecule has 0 unspecified atom stereocenters. The fraction of sp³-hybridized carbons (Fsp3) is 0.341. The van der Waals surface area contributed by atoms with Gasteiger partial charge in [-0.25, -0.2) is 4.39 Å². The molecular formula is C41H44ClFN4O10. The Labute approximate surface area is 334 Å². The first-order valence-corrected chi connectivity index (χ1v) is 18.4. The number of nitrogens with zero attached hydrogens (tertiary/aromatic N) is 2. The van der Waals surface area contributed by atoms with Gasteiger partial charge in [0.2, 0.25) is 0 Å². The Morgan fingerprint density at radius 2 is 1.74 bits per heavy atom. The van der Waals surface area contributed by atoms with Gasteiger partial charge in [-0.15, -0.1) is 0 Å². The van der Waals surface area contributed by atoms with Crippen molar-refractivity contribution in [1.82, 2.24) is 10.6 Å². The van der Waals surface area contributed by atoms with Gasteiger partial charge in [0.25, 0.3) is 5.91 Å².